The monoisotopic (exact) mass is 395 g/mol. The van der Waals surface area contributed by atoms with E-state index < -0.39 is 10.0 Å². The molecule has 2 N–H and O–H groups in total. The SMILES string of the molecule is Cc1nn(C)c(C)c1S(=O)(=O)NCCNc1cc(N2CCOCC2)cnn1. The summed E-state index contributed by atoms with van der Waals surface area (Å²) in [5, 5.41) is 15.3. The molecule has 0 spiro atoms. The van der Waals surface area contributed by atoms with Crippen molar-refractivity contribution in [3.05, 3.63) is 23.7 Å². The summed E-state index contributed by atoms with van der Waals surface area (Å²) in [6, 6.07) is 1.90. The van der Waals surface area contributed by atoms with Crippen molar-refractivity contribution in [2.75, 3.05) is 49.6 Å². The van der Waals surface area contributed by atoms with E-state index in [1.807, 2.05) is 6.07 Å². The molecule has 0 unspecified atom stereocenters. The maximum absolute atomic E-state index is 12.5. The summed E-state index contributed by atoms with van der Waals surface area (Å²) in [6.45, 7) is 7.05. The summed E-state index contributed by atoms with van der Waals surface area (Å²) in [6.07, 6.45) is 1.72. The minimum absolute atomic E-state index is 0.222. The second-order valence-corrected chi connectivity index (χ2v) is 8.05. The van der Waals surface area contributed by atoms with Crippen molar-refractivity contribution in [2.45, 2.75) is 18.7 Å². The van der Waals surface area contributed by atoms with Crippen LogP contribution in [-0.4, -0.2) is 67.8 Å². The fourth-order valence-corrected chi connectivity index (χ4v) is 4.49. The number of morpholine rings is 1. The largest absolute Gasteiger partial charge is 0.378 e. The van der Waals surface area contributed by atoms with Crippen molar-refractivity contribution >= 4 is 21.5 Å². The summed E-state index contributed by atoms with van der Waals surface area (Å²) >= 11 is 0. The van der Waals surface area contributed by atoms with Gasteiger partial charge in [0.25, 0.3) is 0 Å². The highest BCUT2D eigenvalue weighted by Gasteiger charge is 2.23. The number of nitrogens with zero attached hydrogens (tertiary/aromatic N) is 5. The number of nitrogens with one attached hydrogen (secondary N) is 2. The number of rotatable bonds is 7. The molecule has 27 heavy (non-hydrogen) atoms. The Balaban J connectivity index is 1.55. The van der Waals surface area contributed by atoms with Gasteiger partial charge in [-0.05, 0) is 13.8 Å². The van der Waals surface area contributed by atoms with Crippen LogP contribution in [-0.2, 0) is 21.8 Å². The minimum atomic E-state index is -3.61. The molecule has 1 fully saturated rings. The number of ether oxygens (including phenoxy) is 1. The van der Waals surface area contributed by atoms with Crippen LogP contribution in [0.15, 0.2) is 17.2 Å². The summed E-state index contributed by atoms with van der Waals surface area (Å²) < 4.78 is 34.6. The predicted octanol–water partition coefficient (Wildman–Crippen LogP) is 0.0539. The van der Waals surface area contributed by atoms with E-state index in [9.17, 15) is 8.42 Å². The first-order valence-electron chi connectivity index (χ1n) is 8.77. The lowest BCUT2D eigenvalue weighted by molar-refractivity contribution is 0.122. The van der Waals surface area contributed by atoms with Gasteiger partial charge in [-0.15, -0.1) is 5.10 Å². The number of aromatic nitrogens is 4. The predicted molar refractivity (Wildman–Crippen MR) is 101 cm³/mol. The third kappa shape index (κ3) is 4.54. The van der Waals surface area contributed by atoms with Gasteiger partial charge in [-0.3, -0.25) is 4.68 Å². The minimum Gasteiger partial charge on any atom is -0.378 e. The summed E-state index contributed by atoms with van der Waals surface area (Å²) in [4.78, 5) is 2.42. The van der Waals surface area contributed by atoms with Gasteiger partial charge in [-0.25, -0.2) is 13.1 Å². The fourth-order valence-electron chi connectivity index (χ4n) is 3.03. The summed E-state index contributed by atoms with van der Waals surface area (Å²) in [5.74, 6) is 0.604. The molecule has 1 saturated heterocycles. The molecule has 1 aliphatic rings. The summed E-state index contributed by atoms with van der Waals surface area (Å²) in [7, 11) is -1.89. The van der Waals surface area contributed by atoms with Crippen molar-refractivity contribution in [1.29, 1.82) is 0 Å². The second-order valence-electron chi connectivity index (χ2n) is 6.35. The molecule has 1 aliphatic heterocycles. The third-order valence-electron chi connectivity index (χ3n) is 4.45. The molecule has 0 atom stereocenters. The Bertz CT molecular complexity index is 891. The van der Waals surface area contributed by atoms with E-state index >= 15 is 0 Å². The van der Waals surface area contributed by atoms with Gasteiger partial charge in [-0.1, -0.05) is 0 Å². The first-order chi connectivity index (χ1) is 12.9. The van der Waals surface area contributed by atoms with Gasteiger partial charge < -0.3 is 15.0 Å². The molecule has 0 bridgehead atoms. The number of aryl methyl sites for hydroxylation is 2. The average molecular weight is 395 g/mol. The highest BCUT2D eigenvalue weighted by atomic mass is 32.2. The zero-order valence-corrected chi connectivity index (χ0v) is 16.6. The zero-order chi connectivity index (χ0) is 19.4. The van der Waals surface area contributed by atoms with E-state index in [0.29, 0.717) is 37.0 Å². The Morgan fingerprint density at radius 1 is 1.22 bits per heavy atom. The van der Waals surface area contributed by atoms with Crippen LogP contribution in [0.5, 0.6) is 0 Å². The van der Waals surface area contributed by atoms with E-state index in [1.54, 1.807) is 31.8 Å². The Hall–Kier alpha value is -2.24. The zero-order valence-electron chi connectivity index (χ0n) is 15.8. The van der Waals surface area contributed by atoms with Crippen LogP contribution in [0.25, 0.3) is 0 Å². The van der Waals surface area contributed by atoms with Crippen LogP contribution in [0, 0.1) is 13.8 Å². The lowest BCUT2D eigenvalue weighted by Crippen LogP contribution is -2.36. The maximum Gasteiger partial charge on any atom is 0.244 e. The molecule has 11 heteroatoms. The molecule has 0 radical (unpaired) electrons. The van der Waals surface area contributed by atoms with Crippen molar-refractivity contribution in [2.24, 2.45) is 7.05 Å². The van der Waals surface area contributed by atoms with Crippen LogP contribution in [0.4, 0.5) is 11.5 Å². The van der Waals surface area contributed by atoms with Gasteiger partial charge in [0.05, 0.1) is 36.5 Å². The highest BCUT2D eigenvalue weighted by Crippen LogP contribution is 2.18. The van der Waals surface area contributed by atoms with Crippen LogP contribution in [0.1, 0.15) is 11.4 Å². The maximum atomic E-state index is 12.5. The van der Waals surface area contributed by atoms with Crippen LogP contribution < -0.4 is 14.9 Å². The molecule has 10 nitrogen and oxygen atoms in total. The van der Waals surface area contributed by atoms with E-state index in [1.165, 1.54) is 0 Å². The third-order valence-corrected chi connectivity index (χ3v) is 6.16. The molecule has 0 saturated carbocycles. The topological polar surface area (TPSA) is 114 Å². The van der Waals surface area contributed by atoms with E-state index in [4.69, 9.17) is 4.74 Å². The molecule has 0 aliphatic carbocycles. The van der Waals surface area contributed by atoms with E-state index in [2.05, 4.69) is 30.2 Å². The first-order valence-corrected chi connectivity index (χ1v) is 10.3. The molecule has 3 heterocycles. The Kier molecular flexibility index (Phi) is 5.92. The normalized spacial score (nSPS) is 15.1. The Morgan fingerprint density at radius 3 is 2.63 bits per heavy atom. The Labute approximate surface area is 159 Å². The average Bonchev–Trinajstić information content (AvgIpc) is 2.92. The molecule has 3 rings (SSSR count). The van der Waals surface area contributed by atoms with Crippen LogP contribution >= 0.6 is 0 Å². The molecule has 148 valence electrons. The number of anilines is 2. The van der Waals surface area contributed by atoms with Crippen LogP contribution in [0.3, 0.4) is 0 Å². The fraction of sp³-hybridized carbons (Fsp3) is 0.562. The smallest absolute Gasteiger partial charge is 0.244 e. The first kappa shape index (κ1) is 19.5. The molecule has 2 aromatic heterocycles. The van der Waals surface area contributed by atoms with Gasteiger partial charge in [-0.2, -0.15) is 10.2 Å². The van der Waals surface area contributed by atoms with Gasteiger partial charge in [0.1, 0.15) is 4.90 Å². The second kappa shape index (κ2) is 8.19. The van der Waals surface area contributed by atoms with Gasteiger partial charge in [0.2, 0.25) is 10.0 Å². The number of sulfonamides is 1. The standard InChI is InChI=1S/C16H25N7O3S/c1-12-16(13(2)22(3)21-12)27(24,25)19-5-4-17-15-10-14(11-18-20-15)23-6-8-26-9-7-23/h10-11,19H,4-9H2,1-3H3,(H,17,20). The van der Waals surface area contributed by atoms with E-state index in [0.717, 1.165) is 18.8 Å². The quantitative estimate of drug-likeness (QED) is 0.633. The van der Waals surface area contributed by atoms with Gasteiger partial charge in [0, 0.05) is 39.3 Å². The number of hydrogen-bond acceptors (Lipinski definition) is 8. The van der Waals surface area contributed by atoms with Gasteiger partial charge >= 0.3 is 0 Å². The molecular formula is C16H25N7O3S. The highest BCUT2D eigenvalue weighted by molar-refractivity contribution is 7.89. The lowest BCUT2D eigenvalue weighted by atomic mass is 10.3. The van der Waals surface area contributed by atoms with Crippen molar-refractivity contribution in [3.8, 4) is 0 Å². The molecular weight excluding hydrogens is 370 g/mol. The summed E-state index contributed by atoms with van der Waals surface area (Å²) in [5.41, 5.74) is 2.06. The van der Waals surface area contributed by atoms with Crippen LogP contribution in [0.2, 0.25) is 0 Å². The van der Waals surface area contributed by atoms with Crippen molar-refractivity contribution < 1.29 is 13.2 Å². The lowest BCUT2D eigenvalue weighted by Gasteiger charge is -2.28. The molecule has 0 aromatic carbocycles. The van der Waals surface area contributed by atoms with Gasteiger partial charge in [0.15, 0.2) is 5.82 Å². The van der Waals surface area contributed by atoms with Crippen molar-refractivity contribution in [1.82, 2.24) is 24.7 Å². The Morgan fingerprint density at radius 2 is 1.96 bits per heavy atom. The molecule has 0 amide bonds. The molecule has 2 aromatic rings. The van der Waals surface area contributed by atoms with E-state index in [-0.39, 0.29) is 11.4 Å². The van der Waals surface area contributed by atoms with Crippen molar-refractivity contribution in [3.63, 3.8) is 0 Å². The number of hydrogen-bond donors (Lipinski definition) is 2.